The van der Waals surface area contributed by atoms with Crippen LogP contribution in [0.25, 0.3) is 0 Å². The molecule has 0 N–H and O–H groups in total. The second-order valence-corrected chi connectivity index (χ2v) is 8.07. The molecule has 0 saturated heterocycles. The lowest BCUT2D eigenvalue weighted by atomic mass is 9.95. The van der Waals surface area contributed by atoms with Crippen molar-refractivity contribution >= 4 is 5.71 Å². The minimum atomic E-state index is -0.456. The third-order valence-electron chi connectivity index (χ3n) is 6.18. The van der Waals surface area contributed by atoms with Crippen LogP contribution in [0.2, 0.25) is 0 Å². The fourth-order valence-electron chi connectivity index (χ4n) is 4.56. The molecular weight excluding hydrogens is 432 g/mol. The molecule has 7 nitrogen and oxygen atoms in total. The number of hydrogen-bond acceptors (Lipinski definition) is 7. The van der Waals surface area contributed by atoms with Crippen molar-refractivity contribution in [1.82, 2.24) is 5.01 Å². The molecule has 2 aliphatic rings. The van der Waals surface area contributed by atoms with E-state index in [2.05, 4.69) is 12.1 Å². The van der Waals surface area contributed by atoms with Gasteiger partial charge in [0.25, 0.3) is 0 Å². The zero-order valence-electron chi connectivity index (χ0n) is 19.8. The number of hydrazone groups is 1. The second-order valence-electron chi connectivity index (χ2n) is 8.07. The number of rotatable bonds is 7. The average Bonchev–Trinajstić information content (AvgIpc) is 3.34. The highest BCUT2D eigenvalue weighted by molar-refractivity contribution is 6.02. The third kappa shape index (κ3) is 3.77. The van der Waals surface area contributed by atoms with Crippen LogP contribution < -0.4 is 23.7 Å². The normalized spacial score (nSPS) is 18.4. The monoisotopic (exact) mass is 460 g/mol. The molecule has 0 fully saturated rings. The lowest BCUT2D eigenvalue weighted by Crippen LogP contribution is -2.34. The van der Waals surface area contributed by atoms with Crippen molar-refractivity contribution in [1.29, 1.82) is 0 Å². The summed E-state index contributed by atoms with van der Waals surface area (Å²) >= 11 is 0. The van der Waals surface area contributed by atoms with E-state index in [0.717, 1.165) is 46.1 Å². The first-order valence-electron chi connectivity index (χ1n) is 11.3. The van der Waals surface area contributed by atoms with Crippen molar-refractivity contribution in [3.05, 3.63) is 77.4 Å². The Morgan fingerprint density at radius 1 is 0.912 bits per heavy atom. The predicted molar refractivity (Wildman–Crippen MR) is 129 cm³/mol. The smallest absolute Gasteiger partial charge is 0.214 e. The lowest BCUT2D eigenvalue weighted by molar-refractivity contribution is -0.0213. The maximum Gasteiger partial charge on any atom is 0.214 e. The van der Waals surface area contributed by atoms with Crippen molar-refractivity contribution in [2.24, 2.45) is 5.10 Å². The number of ether oxygens (including phenoxy) is 5. The number of hydrogen-bond donors (Lipinski definition) is 0. The summed E-state index contributed by atoms with van der Waals surface area (Å²) in [5, 5.41) is 7.08. The third-order valence-corrected chi connectivity index (χ3v) is 6.18. The largest absolute Gasteiger partial charge is 0.497 e. The van der Waals surface area contributed by atoms with Crippen LogP contribution in [0.5, 0.6) is 28.7 Å². The molecule has 5 rings (SSSR count). The summed E-state index contributed by atoms with van der Waals surface area (Å²) < 4.78 is 28.9. The first kappa shape index (κ1) is 21.9. The van der Waals surface area contributed by atoms with Gasteiger partial charge >= 0.3 is 0 Å². The summed E-state index contributed by atoms with van der Waals surface area (Å²) in [5.74, 6) is 3.60. The summed E-state index contributed by atoms with van der Waals surface area (Å²) in [7, 11) is 4.93. The molecule has 0 amide bonds. The van der Waals surface area contributed by atoms with Gasteiger partial charge in [0, 0.05) is 23.1 Å². The van der Waals surface area contributed by atoms with Crippen LogP contribution >= 0.6 is 0 Å². The van der Waals surface area contributed by atoms with Crippen molar-refractivity contribution < 1.29 is 23.7 Å². The fourth-order valence-corrected chi connectivity index (χ4v) is 4.56. The molecule has 0 saturated carbocycles. The van der Waals surface area contributed by atoms with E-state index in [9.17, 15) is 0 Å². The first-order valence-corrected chi connectivity index (χ1v) is 11.3. The molecule has 34 heavy (non-hydrogen) atoms. The summed E-state index contributed by atoms with van der Waals surface area (Å²) in [6, 6.07) is 19.8. The van der Waals surface area contributed by atoms with Crippen LogP contribution in [0.15, 0.2) is 65.8 Å². The van der Waals surface area contributed by atoms with Crippen molar-refractivity contribution in [3.8, 4) is 28.7 Å². The van der Waals surface area contributed by atoms with E-state index in [1.807, 2.05) is 60.5 Å². The number of para-hydroxylation sites is 1. The topological polar surface area (TPSA) is 61.8 Å². The van der Waals surface area contributed by atoms with E-state index in [-0.39, 0.29) is 6.04 Å². The number of methoxy groups -OCH3 is 3. The number of fused-ring (bicyclic) bond motifs is 3. The van der Waals surface area contributed by atoms with Crippen molar-refractivity contribution in [3.63, 3.8) is 0 Å². The van der Waals surface area contributed by atoms with Gasteiger partial charge in [-0.1, -0.05) is 24.3 Å². The summed E-state index contributed by atoms with van der Waals surface area (Å²) in [6.07, 6.45) is 0.283. The van der Waals surface area contributed by atoms with Crippen molar-refractivity contribution in [2.45, 2.75) is 25.6 Å². The van der Waals surface area contributed by atoms with Crippen LogP contribution in [0.1, 0.15) is 42.3 Å². The zero-order valence-corrected chi connectivity index (χ0v) is 19.8. The Balaban J connectivity index is 1.61. The van der Waals surface area contributed by atoms with Gasteiger partial charge in [-0.15, -0.1) is 0 Å². The molecule has 3 aromatic rings. The lowest BCUT2D eigenvalue weighted by Gasteiger charge is -2.38. The Hall–Kier alpha value is -3.87. The molecule has 0 spiro atoms. The number of benzene rings is 3. The molecule has 2 heterocycles. The van der Waals surface area contributed by atoms with E-state index in [0.29, 0.717) is 18.1 Å². The summed E-state index contributed by atoms with van der Waals surface area (Å²) in [4.78, 5) is 0. The molecule has 3 aromatic carbocycles. The molecule has 0 aromatic heterocycles. The fraction of sp³-hybridized carbons (Fsp3) is 0.296. The van der Waals surface area contributed by atoms with Gasteiger partial charge in [0.2, 0.25) is 6.23 Å². The van der Waals surface area contributed by atoms with E-state index in [1.165, 1.54) is 0 Å². The van der Waals surface area contributed by atoms with E-state index in [4.69, 9.17) is 28.8 Å². The Morgan fingerprint density at radius 3 is 2.50 bits per heavy atom. The van der Waals surface area contributed by atoms with Gasteiger partial charge < -0.3 is 23.7 Å². The van der Waals surface area contributed by atoms with Crippen LogP contribution in [0.4, 0.5) is 0 Å². The van der Waals surface area contributed by atoms with Crippen LogP contribution in [-0.4, -0.2) is 38.7 Å². The van der Waals surface area contributed by atoms with E-state index >= 15 is 0 Å². The first-order chi connectivity index (χ1) is 16.7. The minimum Gasteiger partial charge on any atom is -0.497 e. The molecule has 2 atom stereocenters. The molecule has 2 aliphatic heterocycles. The van der Waals surface area contributed by atoms with E-state index in [1.54, 1.807) is 21.3 Å². The quantitative estimate of drug-likeness (QED) is 0.474. The predicted octanol–water partition coefficient (Wildman–Crippen LogP) is 5.35. The van der Waals surface area contributed by atoms with Gasteiger partial charge in [0.05, 0.1) is 39.7 Å². The Morgan fingerprint density at radius 2 is 1.74 bits per heavy atom. The maximum absolute atomic E-state index is 6.59. The Kier molecular flexibility index (Phi) is 5.92. The highest BCUT2D eigenvalue weighted by Gasteiger charge is 2.42. The Labute approximate surface area is 199 Å². The van der Waals surface area contributed by atoms with Gasteiger partial charge in [0.15, 0.2) is 23.0 Å². The highest BCUT2D eigenvalue weighted by Crippen LogP contribution is 2.51. The van der Waals surface area contributed by atoms with Crippen LogP contribution in [0, 0.1) is 0 Å². The van der Waals surface area contributed by atoms with Crippen LogP contribution in [-0.2, 0) is 0 Å². The van der Waals surface area contributed by atoms with Crippen LogP contribution in [0.3, 0.4) is 0 Å². The highest BCUT2D eigenvalue weighted by atomic mass is 16.5. The number of nitrogens with zero attached hydrogens (tertiary/aromatic N) is 2. The molecule has 0 bridgehead atoms. The molecular formula is C27H28N2O5. The molecule has 0 aliphatic carbocycles. The molecule has 176 valence electrons. The minimum absolute atomic E-state index is 0.00320. The molecule has 0 unspecified atom stereocenters. The molecule has 7 heteroatoms. The van der Waals surface area contributed by atoms with E-state index < -0.39 is 6.23 Å². The standard InChI is InChI=1S/C27H28N2O5/c1-5-33-24-11-7-10-20-22-16-21(17-8-6-9-19(14-17)30-2)28-29(22)27(34-26(20)24)18-12-13-23(31-3)25(15-18)32-4/h6-15,22,27H,5,16H2,1-4H3/t22-,27-/m1/s1. The van der Waals surface area contributed by atoms with Gasteiger partial charge in [-0.25, -0.2) is 5.01 Å². The SMILES string of the molecule is CCOc1cccc2c1O[C@H](c1ccc(OC)c(OC)c1)N1N=C(c3cccc(OC)c3)C[C@H]21. The maximum atomic E-state index is 6.59. The zero-order chi connectivity index (χ0) is 23.7. The van der Waals surface area contributed by atoms with Crippen molar-refractivity contribution in [2.75, 3.05) is 27.9 Å². The summed E-state index contributed by atoms with van der Waals surface area (Å²) in [5.41, 5.74) is 3.98. The van der Waals surface area contributed by atoms with Gasteiger partial charge in [0.1, 0.15) is 5.75 Å². The average molecular weight is 461 g/mol. The van der Waals surface area contributed by atoms with Gasteiger partial charge in [-0.05, 0) is 43.3 Å². The van der Waals surface area contributed by atoms with Gasteiger partial charge in [-0.3, -0.25) is 0 Å². The summed E-state index contributed by atoms with van der Waals surface area (Å²) in [6.45, 7) is 2.53. The Bertz CT molecular complexity index is 1230. The second kappa shape index (κ2) is 9.17. The molecule has 0 radical (unpaired) electrons. The van der Waals surface area contributed by atoms with Gasteiger partial charge in [-0.2, -0.15) is 5.10 Å².